The summed E-state index contributed by atoms with van der Waals surface area (Å²) in [6, 6.07) is 0. The van der Waals surface area contributed by atoms with Gasteiger partial charge in [-0.1, -0.05) is 56.3 Å². The van der Waals surface area contributed by atoms with Crippen molar-refractivity contribution in [2.24, 2.45) is 11.3 Å². The van der Waals surface area contributed by atoms with Crippen LogP contribution in [-0.4, -0.2) is 5.91 Å². The lowest BCUT2D eigenvalue weighted by atomic mass is 9.66. The highest BCUT2D eigenvalue weighted by Gasteiger charge is 2.42. The first-order valence-corrected chi connectivity index (χ1v) is 8.27. The molecule has 4 heteroatoms. The van der Waals surface area contributed by atoms with Crippen molar-refractivity contribution in [1.29, 1.82) is 0 Å². The van der Waals surface area contributed by atoms with Gasteiger partial charge in [-0.05, 0) is 37.7 Å². The second-order valence-corrected chi connectivity index (χ2v) is 7.11. The number of carbonyl (C=O) groups is 1. The molecule has 0 saturated heterocycles. The Hall–Kier alpha value is -0.470. The van der Waals surface area contributed by atoms with Gasteiger partial charge >= 0.3 is 0 Å². The SMILES string of the molecule is CC(C)C1(C(=O)NC2=CC(Cl)=C(Cl)CC2)CCCCC1. The van der Waals surface area contributed by atoms with E-state index in [0.29, 0.717) is 22.4 Å². The maximum Gasteiger partial charge on any atom is 0.230 e. The van der Waals surface area contributed by atoms with Crippen LogP contribution < -0.4 is 5.32 Å². The molecule has 0 aromatic rings. The van der Waals surface area contributed by atoms with E-state index in [4.69, 9.17) is 23.2 Å². The molecule has 1 N–H and O–H groups in total. The van der Waals surface area contributed by atoms with E-state index in [0.717, 1.165) is 37.8 Å². The summed E-state index contributed by atoms with van der Waals surface area (Å²) in [6.07, 6.45) is 8.80. The molecule has 2 rings (SSSR count). The summed E-state index contributed by atoms with van der Waals surface area (Å²) in [7, 11) is 0. The summed E-state index contributed by atoms with van der Waals surface area (Å²) in [5.74, 6) is 0.530. The van der Waals surface area contributed by atoms with Crippen LogP contribution in [0.5, 0.6) is 0 Å². The van der Waals surface area contributed by atoms with Crippen molar-refractivity contribution in [3.63, 3.8) is 0 Å². The zero-order valence-electron chi connectivity index (χ0n) is 12.3. The number of halogens is 2. The van der Waals surface area contributed by atoms with Crippen LogP contribution in [0.4, 0.5) is 0 Å². The monoisotopic (exact) mass is 315 g/mol. The summed E-state index contributed by atoms with van der Waals surface area (Å²) in [5, 5.41) is 4.34. The molecule has 0 aliphatic heterocycles. The first kappa shape index (κ1) is 15.9. The fourth-order valence-electron chi connectivity index (χ4n) is 3.29. The van der Waals surface area contributed by atoms with E-state index < -0.39 is 0 Å². The van der Waals surface area contributed by atoms with Gasteiger partial charge in [0.1, 0.15) is 0 Å². The van der Waals surface area contributed by atoms with Crippen LogP contribution in [0.2, 0.25) is 0 Å². The summed E-state index contributed by atoms with van der Waals surface area (Å²) < 4.78 is 0. The van der Waals surface area contributed by atoms with Gasteiger partial charge in [0.25, 0.3) is 0 Å². The second kappa shape index (κ2) is 6.53. The van der Waals surface area contributed by atoms with E-state index in [1.807, 2.05) is 0 Å². The Morgan fingerprint density at radius 2 is 1.85 bits per heavy atom. The first-order valence-electron chi connectivity index (χ1n) is 7.52. The van der Waals surface area contributed by atoms with Gasteiger partial charge in [-0.2, -0.15) is 0 Å². The predicted molar refractivity (Wildman–Crippen MR) is 84.5 cm³/mol. The van der Waals surface area contributed by atoms with Crippen molar-refractivity contribution in [1.82, 2.24) is 5.32 Å². The third-order valence-corrected chi connectivity index (χ3v) is 5.58. The van der Waals surface area contributed by atoms with Gasteiger partial charge in [0, 0.05) is 10.7 Å². The molecule has 2 nitrogen and oxygen atoms in total. The highest BCUT2D eigenvalue weighted by Crippen LogP contribution is 2.43. The van der Waals surface area contributed by atoms with Gasteiger partial charge in [0.2, 0.25) is 5.91 Å². The standard InChI is InChI=1S/C16H23Cl2NO/c1-11(2)16(8-4-3-5-9-16)15(20)19-12-6-7-13(17)14(18)10-12/h10-11H,3-9H2,1-2H3,(H,19,20). The van der Waals surface area contributed by atoms with Crippen molar-refractivity contribution < 1.29 is 4.79 Å². The van der Waals surface area contributed by atoms with E-state index in [1.54, 1.807) is 6.08 Å². The van der Waals surface area contributed by atoms with E-state index in [1.165, 1.54) is 6.42 Å². The lowest BCUT2D eigenvalue weighted by Gasteiger charge is -2.39. The fraction of sp³-hybridized carbons (Fsp3) is 0.688. The molecule has 1 amide bonds. The van der Waals surface area contributed by atoms with E-state index in [9.17, 15) is 4.79 Å². The molecule has 0 aromatic carbocycles. The van der Waals surface area contributed by atoms with Gasteiger partial charge in [0.15, 0.2) is 0 Å². The van der Waals surface area contributed by atoms with Crippen molar-refractivity contribution in [2.45, 2.75) is 58.8 Å². The van der Waals surface area contributed by atoms with Gasteiger partial charge in [0.05, 0.1) is 10.4 Å². The minimum Gasteiger partial charge on any atom is -0.329 e. The average molecular weight is 316 g/mol. The molecule has 0 bridgehead atoms. The largest absolute Gasteiger partial charge is 0.329 e. The topological polar surface area (TPSA) is 29.1 Å². The van der Waals surface area contributed by atoms with Crippen LogP contribution >= 0.6 is 23.2 Å². The zero-order valence-corrected chi connectivity index (χ0v) is 13.8. The fourth-order valence-corrected chi connectivity index (χ4v) is 3.66. The third-order valence-electron chi connectivity index (χ3n) is 4.75. The number of hydrogen-bond donors (Lipinski definition) is 1. The van der Waals surface area contributed by atoms with Gasteiger partial charge in [-0.15, -0.1) is 0 Å². The summed E-state index contributed by atoms with van der Waals surface area (Å²) >= 11 is 12.0. The number of carbonyl (C=O) groups excluding carboxylic acids is 1. The van der Waals surface area contributed by atoms with Crippen LogP contribution in [-0.2, 0) is 4.79 Å². The molecule has 0 heterocycles. The summed E-state index contributed by atoms with van der Waals surface area (Å²) in [6.45, 7) is 4.31. The van der Waals surface area contributed by atoms with Crippen molar-refractivity contribution in [2.75, 3.05) is 0 Å². The summed E-state index contributed by atoms with van der Waals surface area (Å²) in [5.41, 5.74) is 0.686. The molecule has 0 unspecified atom stereocenters. The molecule has 2 aliphatic rings. The molecular formula is C16H23Cl2NO. The Bertz CT molecular complexity index is 445. The maximum absolute atomic E-state index is 12.8. The Balaban J connectivity index is 2.12. The van der Waals surface area contributed by atoms with Gasteiger partial charge < -0.3 is 5.32 Å². The van der Waals surface area contributed by atoms with Crippen molar-refractivity contribution >= 4 is 29.1 Å². The minimum absolute atomic E-state index is 0.168. The molecule has 0 atom stereocenters. The maximum atomic E-state index is 12.8. The molecule has 1 saturated carbocycles. The third kappa shape index (κ3) is 3.23. The molecule has 112 valence electrons. The van der Waals surface area contributed by atoms with Crippen LogP contribution in [0.1, 0.15) is 58.8 Å². The smallest absolute Gasteiger partial charge is 0.230 e. The highest BCUT2D eigenvalue weighted by molar-refractivity contribution is 6.40. The van der Waals surface area contributed by atoms with Crippen LogP contribution in [0.3, 0.4) is 0 Å². The molecule has 2 aliphatic carbocycles. The highest BCUT2D eigenvalue weighted by atomic mass is 35.5. The Morgan fingerprint density at radius 3 is 2.40 bits per heavy atom. The van der Waals surface area contributed by atoms with Crippen molar-refractivity contribution in [3.8, 4) is 0 Å². The normalized spacial score (nSPS) is 22.8. The van der Waals surface area contributed by atoms with Crippen molar-refractivity contribution in [3.05, 3.63) is 21.8 Å². The quantitative estimate of drug-likeness (QED) is 0.773. The predicted octanol–water partition coefficient (Wildman–Crippen LogP) is 5.08. The number of rotatable bonds is 3. The zero-order chi connectivity index (χ0) is 14.8. The number of hydrogen-bond acceptors (Lipinski definition) is 1. The Morgan fingerprint density at radius 1 is 1.20 bits per heavy atom. The van der Waals surface area contributed by atoms with Crippen LogP contribution in [0.15, 0.2) is 21.8 Å². The second-order valence-electron chi connectivity index (χ2n) is 6.25. The Labute approximate surface area is 131 Å². The van der Waals surface area contributed by atoms with Crippen LogP contribution in [0.25, 0.3) is 0 Å². The molecule has 0 spiro atoms. The van der Waals surface area contributed by atoms with E-state index in [-0.39, 0.29) is 11.3 Å². The van der Waals surface area contributed by atoms with Crippen LogP contribution in [0, 0.1) is 11.3 Å². The molecule has 0 radical (unpaired) electrons. The lowest BCUT2D eigenvalue weighted by molar-refractivity contribution is -0.135. The number of amides is 1. The van der Waals surface area contributed by atoms with E-state index >= 15 is 0 Å². The minimum atomic E-state index is -0.212. The summed E-state index contributed by atoms with van der Waals surface area (Å²) in [4.78, 5) is 12.8. The molecule has 20 heavy (non-hydrogen) atoms. The average Bonchev–Trinajstić information content (AvgIpc) is 2.43. The lowest BCUT2D eigenvalue weighted by Crippen LogP contribution is -2.45. The molecular weight excluding hydrogens is 293 g/mol. The van der Waals surface area contributed by atoms with Gasteiger partial charge in [-0.25, -0.2) is 0 Å². The molecule has 0 aromatic heterocycles. The van der Waals surface area contributed by atoms with E-state index in [2.05, 4.69) is 19.2 Å². The Kier molecular flexibility index (Phi) is 5.19. The number of nitrogens with one attached hydrogen (secondary N) is 1. The van der Waals surface area contributed by atoms with Gasteiger partial charge in [-0.3, -0.25) is 4.79 Å². The number of allylic oxidation sites excluding steroid dienone is 4. The first-order chi connectivity index (χ1) is 9.45. The molecule has 1 fully saturated rings.